The van der Waals surface area contributed by atoms with Gasteiger partial charge in [-0.05, 0) is 48.9 Å². The Labute approximate surface area is 201 Å². The van der Waals surface area contributed by atoms with Crippen molar-refractivity contribution in [1.29, 1.82) is 0 Å². The van der Waals surface area contributed by atoms with Crippen LogP contribution in [-0.4, -0.2) is 44.9 Å². The first-order chi connectivity index (χ1) is 17.0. The molecule has 2 aromatic carbocycles. The molecule has 9 heteroatoms. The number of urea groups is 1. The predicted molar refractivity (Wildman–Crippen MR) is 127 cm³/mol. The molecule has 0 aliphatic carbocycles. The number of methoxy groups -OCH3 is 1. The van der Waals surface area contributed by atoms with Crippen molar-refractivity contribution >= 4 is 12.0 Å². The number of nitrogens with zero attached hydrogens (tertiary/aromatic N) is 4. The normalized spacial score (nSPS) is 14.6. The summed E-state index contributed by atoms with van der Waals surface area (Å²) in [7, 11) is 1.27. The Morgan fingerprint density at radius 3 is 2.54 bits per heavy atom. The Kier molecular flexibility index (Phi) is 5.82. The van der Waals surface area contributed by atoms with Gasteiger partial charge in [0.1, 0.15) is 18.2 Å². The number of carbonyl (C=O) groups excluding carboxylic acids is 2. The van der Waals surface area contributed by atoms with E-state index in [2.05, 4.69) is 10.1 Å². The number of amides is 2. The van der Waals surface area contributed by atoms with E-state index in [1.807, 2.05) is 64.8 Å². The van der Waals surface area contributed by atoms with E-state index < -0.39 is 18.0 Å². The van der Waals surface area contributed by atoms with Crippen molar-refractivity contribution in [3.8, 4) is 11.5 Å². The Balaban J connectivity index is 1.68. The van der Waals surface area contributed by atoms with E-state index in [0.717, 1.165) is 34.0 Å². The molecule has 3 heterocycles. The lowest BCUT2D eigenvalue weighted by Gasteiger charge is -2.31. The third-order valence-corrected chi connectivity index (χ3v) is 6.15. The van der Waals surface area contributed by atoms with Crippen molar-refractivity contribution in [3.63, 3.8) is 0 Å². The molecule has 2 aromatic heterocycles. The summed E-state index contributed by atoms with van der Waals surface area (Å²) in [6, 6.07) is 18.7. The van der Waals surface area contributed by atoms with E-state index in [1.165, 1.54) is 19.2 Å². The van der Waals surface area contributed by atoms with Crippen LogP contribution >= 0.6 is 0 Å². The summed E-state index contributed by atoms with van der Waals surface area (Å²) in [6.45, 7) is 1.87. The number of rotatable bonds is 4. The highest BCUT2D eigenvalue weighted by molar-refractivity contribution is 5.81. The fraction of sp³-hybridized carbons (Fsp3) is 0.192. The Hall–Kier alpha value is -4.40. The topological polar surface area (TPSA) is 81.4 Å². The molecule has 1 aliphatic rings. The van der Waals surface area contributed by atoms with Crippen LogP contribution < -0.4 is 5.32 Å². The van der Waals surface area contributed by atoms with Crippen molar-refractivity contribution in [1.82, 2.24) is 24.6 Å². The first kappa shape index (κ1) is 22.4. The fourth-order valence-electron chi connectivity index (χ4n) is 4.47. The molecule has 1 aliphatic heterocycles. The number of benzene rings is 2. The van der Waals surface area contributed by atoms with Crippen molar-refractivity contribution in [2.45, 2.75) is 19.5 Å². The van der Waals surface area contributed by atoms with Crippen molar-refractivity contribution in [2.75, 3.05) is 13.7 Å². The monoisotopic (exact) mass is 473 g/mol. The lowest BCUT2D eigenvalue weighted by molar-refractivity contribution is -0.139. The van der Waals surface area contributed by atoms with Crippen LogP contribution in [0.1, 0.15) is 28.6 Å². The number of ether oxygens (including phenoxy) is 1. The van der Waals surface area contributed by atoms with Gasteiger partial charge in [-0.25, -0.2) is 13.9 Å². The van der Waals surface area contributed by atoms with Crippen molar-refractivity contribution in [3.05, 3.63) is 101 Å². The number of carbonyl (C=O) groups is 2. The Morgan fingerprint density at radius 1 is 1.09 bits per heavy atom. The van der Waals surface area contributed by atoms with Gasteiger partial charge in [-0.2, -0.15) is 5.10 Å². The molecule has 0 fully saturated rings. The van der Waals surface area contributed by atoms with Gasteiger partial charge in [0, 0.05) is 11.8 Å². The highest BCUT2D eigenvalue weighted by atomic mass is 19.1. The SMILES string of the molecule is COC(=O)CNC(=O)N1Cc2c(C)nn(-c3ccccc3)c2-n2cccc2[C@H]1c1ccc(F)cc1. The number of esters is 1. The van der Waals surface area contributed by atoms with Crippen LogP contribution in [0.5, 0.6) is 0 Å². The minimum absolute atomic E-state index is 0.227. The molecule has 1 N–H and O–H groups in total. The second-order valence-electron chi connectivity index (χ2n) is 8.25. The number of hydrogen-bond acceptors (Lipinski definition) is 4. The molecular weight excluding hydrogens is 449 g/mol. The highest BCUT2D eigenvalue weighted by Gasteiger charge is 2.36. The summed E-state index contributed by atoms with van der Waals surface area (Å²) in [6.07, 6.45) is 1.93. The molecule has 0 saturated heterocycles. The van der Waals surface area contributed by atoms with E-state index in [4.69, 9.17) is 5.10 Å². The minimum Gasteiger partial charge on any atom is -0.468 e. The number of nitrogens with one attached hydrogen (secondary N) is 1. The average molecular weight is 474 g/mol. The van der Waals surface area contributed by atoms with E-state index in [9.17, 15) is 14.0 Å². The van der Waals surface area contributed by atoms with Crippen molar-refractivity contribution < 1.29 is 18.7 Å². The number of aromatic nitrogens is 3. The van der Waals surface area contributed by atoms with E-state index in [1.54, 1.807) is 17.0 Å². The third-order valence-electron chi connectivity index (χ3n) is 6.15. The Bertz CT molecular complexity index is 1380. The second kappa shape index (κ2) is 9.09. The second-order valence-corrected chi connectivity index (χ2v) is 8.25. The zero-order valence-corrected chi connectivity index (χ0v) is 19.3. The highest BCUT2D eigenvalue weighted by Crippen LogP contribution is 2.38. The maximum absolute atomic E-state index is 13.8. The molecule has 4 aromatic rings. The molecule has 0 spiro atoms. The lowest BCUT2D eigenvalue weighted by Crippen LogP contribution is -2.44. The largest absolute Gasteiger partial charge is 0.468 e. The summed E-state index contributed by atoms with van der Waals surface area (Å²) < 4.78 is 22.3. The Morgan fingerprint density at radius 2 is 1.83 bits per heavy atom. The summed E-state index contributed by atoms with van der Waals surface area (Å²) in [5.74, 6) is -0.0916. The van der Waals surface area contributed by atoms with Gasteiger partial charge in [0.05, 0.1) is 36.8 Å². The number of halogens is 1. The van der Waals surface area contributed by atoms with Crippen LogP contribution in [0.3, 0.4) is 0 Å². The molecule has 35 heavy (non-hydrogen) atoms. The van der Waals surface area contributed by atoms with Crippen LogP contribution in [0, 0.1) is 12.7 Å². The third kappa shape index (κ3) is 4.05. The first-order valence-electron chi connectivity index (χ1n) is 11.2. The van der Waals surface area contributed by atoms with Gasteiger partial charge < -0.3 is 19.5 Å². The number of para-hydroxylation sites is 1. The smallest absolute Gasteiger partial charge is 0.325 e. The van der Waals surface area contributed by atoms with Gasteiger partial charge in [-0.15, -0.1) is 0 Å². The summed E-state index contributed by atoms with van der Waals surface area (Å²) >= 11 is 0. The van der Waals surface area contributed by atoms with E-state index >= 15 is 0 Å². The molecule has 0 saturated carbocycles. The molecular formula is C26H24FN5O3. The average Bonchev–Trinajstić information content (AvgIpc) is 3.44. The summed E-state index contributed by atoms with van der Waals surface area (Å²) in [5, 5.41) is 7.44. The molecule has 0 radical (unpaired) electrons. The summed E-state index contributed by atoms with van der Waals surface area (Å²) in [4.78, 5) is 26.8. The van der Waals surface area contributed by atoms with Gasteiger partial charge in [0.15, 0.2) is 0 Å². The fourth-order valence-corrected chi connectivity index (χ4v) is 4.47. The van der Waals surface area contributed by atoms with Gasteiger partial charge in [-0.1, -0.05) is 30.3 Å². The zero-order chi connectivity index (χ0) is 24.5. The zero-order valence-electron chi connectivity index (χ0n) is 19.3. The van der Waals surface area contributed by atoms with Gasteiger partial charge >= 0.3 is 12.0 Å². The molecule has 178 valence electrons. The quantitative estimate of drug-likeness (QED) is 0.456. The molecule has 0 unspecified atom stereocenters. The number of aryl methyl sites for hydroxylation is 1. The summed E-state index contributed by atoms with van der Waals surface area (Å²) in [5.41, 5.74) is 4.07. The molecule has 1 atom stereocenters. The number of fused-ring (bicyclic) bond motifs is 3. The standard InChI is InChI=1S/C26H24FN5O3/c1-17-21-16-31(26(34)28-15-23(33)35-2)24(18-10-12-19(27)13-11-18)22-9-6-14-30(22)25(21)32(29-17)20-7-4-3-5-8-20/h3-14,24H,15-16H2,1-2H3,(H,28,34)/t24-/m1/s1. The van der Waals surface area contributed by atoms with Crippen LogP contribution in [0.4, 0.5) is 9.18 Å². The minimum atomic E-state index is -0.552. The molecule has 5 rings (SSSR count). The number of hydrogen-bond donors (Lipinski definition) is 1. The van der Waals surface area contributed by atoms with Crippen LogP contribution in [0.25, 0.3) is 11.5 Å². The molecule has 8 nitrogen and oxygen atoms in total. The molecule has 2 amide bonds. The van der Waals surface area contributed by atoms with Crippen molar-refractivity contribution in [2.24, 2.45) is 0 Å². The van der Waals surface area contributed by atoms with Crippen LogP contribution in [0.15, 0.2) is 72.9 Å². The maximum Gasteiger partial charge on any atom is 0.325 e. The van der Waals surface area contributed by atoms with Gasteiger partial charge in [0.2, 0.25) is 0 Å². The maximum atomic E-state index is 13.8. The predicted octanol–water partition coefficient (Wildman–Crippen LogP) is 3.90. The van der Waals surface area contributed by atoms with Crippen LogP contribution in [0.2, 0.25) is 0 Å². The lowest BCUT2D eigenvalue weighted by atomic mass is 10.0. The van der Waals surface area contributed by atoms with Gasteiger partial charge in [0.25, 0.3) is 0 Å². The van der Waals surface area contributed by atoms with Gasteiger partial charge in [-0.3, -0.25) is 4.79 Å². The van der Waals surface area contributed by atoms with E-state index in [-0.39, 0.29) is 18.9 Å². The van der Waals surface area contributed by atoms with Crippen LogP contribution in [-0.2, 0) is 16.1 Å². The van der Waals surface area contributed by atoms with E-state index in [0.29, 0.717) is 0 Å². The molecule has 0 bridgehead atoms. The first-order valence-corrected chi connectivity index (χ1v) is 11.2.